The quantitative estimate of drug-likeness (QED) is 0.616. The number of nitrogens with two attached hydrogens (primary N) is 1. The molecule has 0 aliphatic carbocycles. The second-order valence-corrected chi connectivity index (χ2v) is 8.29. The summed E-state index contributed by atoms with van der Waals surface area (Å²) in [6.45, 7) is 4.97. The molecule has 25 heavy (non-hydrogen) atoms. The first-order valence-electron chi connectivity index (χ1n) is 8.06. The summed E-state index contributed by atoms with van der Waals surface area (Å²) in [5.74, 6) is -0.619. The van der Waals surface area contributed by atoms with Gasteiger partial charge in [0.2, 0.25) is 10.0 Å². The highest BCUT2D eigenvalue weighted by Crippen LogP contribution is 2.18. The Kier molecular flexibility index (Phi) is 7.12. The molecular weight excluding hydrogens is 358 g/mol. The van der Waals surface area contributed by atoms with Crippen LogP contribution in [-0.2, 0) is 16.6 Å². The third kappa shape index (κ3) is 5.93. The van der Waals surface area contributed by atoms with Gasteiger partial charge in [0, 0.05) is 18.5 Å². The van der Waals surface area contributed by atoms with Crippen molar-refractivity contribution in [2.24, 2.45) is 5.73 Å². The number of primary amides is 1. The van der Waals surface area contributed by atoms with E-state index in [9.17, 15) is 13.2 Å². The van der Waals surface area contributed by atoms with Crippen molar-refractivity contribution in [1.29, 1.82) is 0 Å². The molecule has 0 fully saturated rings. The van der Waals surface area contributed by atoms with Crippen LogP contribution >= 0.6 is 11.3 Å². The van der Waals surface area contributed by atoms with E-state index in [2.05, 4.69) is 28.7 Å². The molecule has 1 heterocycles. The zero-order chi connectivity index (χ0) is 18.3. The lowest BCUT2D eigenvalue weighted by atomic mass is 10.2. The second-order valence-electron chi connectivity index (χ2n) is 5.62. The number of nitrogens with zero attached hydrogens (tertiary/aromatic N) is 1. The van der Waals surface area contributed by atoms with Gasteiger partial charge >= 0.3 is 0 Å². The molecule has 0 saturated heterocycles. The summed E-state index contributed by atoms with van der Waals surface area (Å²) in [4.78, 5) is 13.7. The van der Waals surface area contributed by atoms with E-state index < -0.39 is 15.9 Å². The fourth-order valence-corrected chi connectivity index (χ4v) is 4.57. The van der Waals surface area contributed by atoms with E-state index in [1.165, 1.54) is 17.0 Å². The topological polar surface area (TPSA) is 92.5 Å². The molecule has 136 valence electrons. The molecule has 0 atom stereocenters. The number of thiophene rings is 1. The van der Waals surface area contributed by atoms with E-state index in [0.717, 1.165) is 31.0 Å². The molecular formula is C17H23N3O3S2. The minimum Gasteiger partial charge on any atom is -0.365 e. The number of benzene rings is 1. The van der Waals surface area contributed by atoms with Crippen LogP contribution in [0.2, 0.25) is 0 Å². The number of hydrogen-bond donors (Lipinski definition) is 2. The fraction of sp³-hybridized carbons (Fsp3) is 0.353. The van der Waals surface area contributed by atoms with Crippen LogP contribution in [0, 0.1) is 0 Å². The van der Waals surface area contributed by atoms with Gasteiger partial charge in [-0.25, -0.2) is 13.1 Å². The molecule has 1 amide bonds. The van der Waals surface area contributed by atoms with Gasteiger partial charge in [0.15, 0.2) is 0 Å². The van der Waals surface area contributed by atoms with Crippen LogP contribution < -0.4 is 10.5 Å². The van der Waals surface area contributed by atoms with Crippen LogP contribution in [0.25, 0.3) is 0 Å². The molecule has 0 aliphatic rings. The molecule has 1 aromatic heterocycles. The number of carbonyl (C=O) groups is 1. The van der Waals surface area contributed by atoms with Crippen LogP contribution in [0.1, 0.15) is 28.6 Å². The Hall–Kier alpha value is -1.74. The molecule has 0 radical (unpaired) electrons. The van der Waals surface area contributed by atoms with Crippen LogP contribution in [-0.4, -0.2) is 38.9 Å². The molecule has 1 aromatic carbocycles. The van der Waals surface area contributed by atoms with Gasteiger partial charge < -0.3 is 5.73 Å². The van der Waals surface area contributed by atoms with E-state index in [0.29, 0.717) is 13.0 Å². The molecule has 0 spiro atoms. The molecule has 2 aromatic rings. The van der Waals surface area contributed by atoms with Gasteiger partial charge in [0.05, 0.1) is 9.77 Å². The van der Waals surface area contributed by atoms with Crippen molar-refractivity contribution in [1.82, 2.24) is 9.62 Å². The van der Waals surface area contributed by atoms with Gasteiger partial charge in [0.1, 0.15) is 0 Å². The van der Waals surface area contributed by atoms with E-state index in [4.69, 9.17) is 5.73 Å². The summed E-state index contributed by atoms with van der Waals surface area (Å²) in [6, 6.07) is 11.5. The van der Waals surface area contributed by atoms with Crippen molar-refractivity contribution in [3.8, 4) is 0 Å². The second kappa shape index (κ2) is 9.10. The highest BCUT2D eigenvalue weighted by atomic mass is 32.2. The Balaban J connectivity index is 1.81. The summed E-state index contributed by atoms with van der Waals surface area (Å²) < 4.78 is 27.0. The summed E-state index contributed by atoms with van der Waals surface area (Å²) in [7, 11) is -3.60. The zero-order valence-corrected chi connectivity index (χ0v) is 15.8. The lowest BCUT2D eigenvalue weighted by Gasteiger charge is -2.20. The van der Waals surface area contributed by atoms with Crippen LogP contribution in [0.3, 0.4) is 0 Å². The normalized spacial score (nSPS) is 11.8. The smallest absolute Gasteiger partial charge is 0.258 e. The molecule has 3 N–H and O–H groups in total. The number of nitrogens with one attached hydrogen (secondary N) is 1. The first-order chi connectivity index (χ1) is 11.9. The maximum Gasteiger partial charge on any atom is 0.258 e. The standard InChI is InChI=1S/C17H23N3O3S2/c1-2-20(12-14-7-4-3-5-8-14)10-6-9-19-25(22,23)15-11-16(17(18)21)24-13-15/h3-5,7-8,11,13,19H,2,6,9-10,12H2,1H3,(H2,18,21). The average Bonchev–Trinajstić information content (AvgIpc) is 3.10. The summed E-state index contributed by atoms with van der Waals surface area (Å²) >= 11 is 1.03. The Morgan fingerprint density at radius 2 is 2.00 bits per heavy atom. The average molecular weight is 382 g/mol. The number of rotatable bonds is 10. The Labute approximate surface area is 152 Å². The van der Waals surface area contributed by atoms with Crippen molar-refractivity contribution in [2.75, 3.05) is 19.6 Å². The third-order valence-corrected chi connectivity index (χ3v) is 6.30. The molecule has 6 nitrogen and oxygen atoms in total. The first kappa shape index (κ1) is 19.6. The Morgan fingerprint density at radius 1 is 1.28 bits per heavy atom. The Bertz CT molecular complexity index is 788. The van der Waals surface area contributed by atoms with Gasteiger partial charge in [-0.15, -0.1) is 11.3 Å². The molecule has 0 unspecified atom stereocenters. The van der Waals surface area contributed by atoms with Crippen LogP contribution in [0.5, 0.6) is 0 Å². The Morgan fingerprint density at radius 3 is 2.60 bits per heavy atom. The van der Waals surface area contributed by atoms with Crippen molar-refractivity contribution in [2.45, 2.75) is 24.8 Å². The van der Waals surface area contributed by atoms with Crippen molar-refractivity contribution >= 4 is 27.3 Å². The summed E-state index contributed by atoms with van der Waals surface area (Å²) in [5.41, 5.74) is 6.39. The summed E-state index contributed by atoms with van der Waals surface area (Å²) in [6.07, 6.45) is 0.701. The molecule has 8 heteroatoms. The van der Waals surface area contributed by atoms with Gasteiger partial charge in [-0.3, -0.25) is 9.69 Å². The number of carbonyl (C=O) groups excluding carboxylic acids is 1. The van der Waals surface area contributed by atoms with E-state index >= 15 is 0 Å². The maximum absolute atomic E-state index is 12.2. The molecule has 0 saturated carbocycles. The number of hydrogen-bond acceptors (Lipinski definition) is 5. The maximum atomic E-state index is 12.2. The highest BCUT2D eigenvalue weighted by Gasteiger charge is 2.17. The lowest BCUT2D eigenvalue weighted by Crippen LogP contribution is -2.29. The van der Waals surface area contributed by atoms with E-state index in [1.807, 2.05) is 18.2 Å². The zero-order valence-electron chi connectivity index (χ0n) is 14.1. The summed E-state index contributed by atoms with van der Waals surface area (Å²) in [5, 5.41) is 1.43. The lowest BCUT2D eigenvalue weighted by molar-refractivity contribution is 0.100. The van der Waals surface area contributed by atoms with Gasteiger partial charge in [-0.2, -0.15) is 0 Å². The highest BCUT2D eigenvalue weighted by molar-refractivity contribution is 7.89. The molecule has 0 bridgehead atoms. The van der Waals surface area contributed by atoms with Crippen molar-refractivity contribution < 1.29 is 13.2 Å². The SMILES string of the molecule is CCN(CCCNS(=O)(=O)c1csc(C(N)=O)c1)Cc1ccccc1. The van der Waals surface area contributed by atoms with Gasteiger partial charge in [-0.05, 0) is 31.1 Å². The van der Waals surface area contributed by atoms with Crippen LogP contribution in [0.4, 0.5) is 0 Å². The van der Waals surface area contributed by atoms with Crippen molar-refractivity contribution in [3.63, 3.8) is 0 Å². The largest absolute Gasteiger partial charge is 0.365 e. The van der Waals surface area contributed by atoms with E-state index in [1.54, 1.807) is 0 Å². The predicted molar refractivity (Wildman–Crippen MR) is 100 cm³/mol. The first-order valence-corrected chi connectivity index (χ1v) is 10.4. The molecule has 2 rings (SSSR count). The van der Waals surface area contributed by atoms with Crippen LogP contribution in [0.15, 0.2) is 46.7 Å². The fourth-order valence-electron chi connectivity index (χ4n) is 2.37. The number of sulfonamides is 1. The molecule has 0 aliphatic heterocycles. The van der Waals surface area contributed by atoms with E-state index in [-0.39, 0.29) is 9.77 Å². The number of amides is 1. The van der Waals surface area contributed by atoms with Gasteiger partial charge in [0.25, 0.3) is 5.91 Å². The van der Waals surface area contributed by atoms with Crippen molar-refractivity contribution in [3.05, 3.63) is 52.2 Å². The predicted octanol–water partition coefficient (Wildman–Crippen LogP) is 2.04. The minimum atomic E-state index is -3.60. The third-order valence-electron chi connectivity index (χ3n) is 3.77. The minimum absolute atomic E-state index is 0.0860. The van der Waals surface area contributed by atoms with Gasteiger partial charge in [-0.1, -0.05) is 37.3 Å². The monoisotopic (exact) mass is 381 g/mol.